The molecule has 0 radical (unpaired) electrons. The third-order valence-corrected chi connectivity index (χ3v) is 5.43. The zero-order valence-corrected chi connectivity index (χ0v) is 14.9. The molecule has 5 heteroatoms. The number of aromatic hydroxyl groups is 1. The number of hydrogen-bond donors (Lipinski definition) is 2. The van der Waals surface area contributed by atoms with Gasteiger partial charge in [-0.1, -0.05) is 41.9 Å². The highest BCUT2D eigenvalue weighted by molar-refractivity contribution is 6.31. The third-order valence-electron chi connectivity index (χ3n) is 5.06. The van der Waals surface area contributed by atoms with Crippen LogP contribution >= 0.6 is 11.6 Å². The Morgan fingerprint density at radius 2 is 1.88 bits per heavy atom. The van der Waals surface area contributed by atoms with Gasteiger partial charge >= 0.3 is 5.97 Å². The van der Waals surface area contributed by atoms with Crippen molar-refractivity contribution in [2.75, 3.05) is 0 Å². The molecule has 0 spiro atoms. The summed E-state index contributed by atoms with van der Waals surface area (Å²) < 4.78 is 0. The van der Waals surface area contributed by atoms with E-state index in [1.807, 2.05) is 24.3 Å². The average molecular weight is 368 g/mol. The SMILES string of the molecule is O=C(O)c1c(O)c(Cc2ccccc2Cl)nc2c3c(ccc12)CCCC3. The van der Waals surface area contributed by atoms with Gasteiger partial charge in [0.15, 0.2) is 5.75 Å². The molecule has 2 N–H and O–H groups in total. The first-order chi connectivity index (χ1) is 12.6. The number of aromatic nitrogens is 1. The van der Waals surface area contributed by atoms with Crippen LogP contribution in [0.25, 0.3) is 10.9 Å². The predicted molar refractivity (Wildman–Crippen MR) is 101 cm³/mol. The number of fused-ring (bicyclic) bond motifs is 3. The van der Waals surface area contributed by atoms with Crippen LogP contribution < -0.4 is 0 Å². The minimum absolute atomic E-state index is 0.0783. The zero-order valence-electron chi connectivity index (χ0n) is 14.1. The van der Waals surface area contributed by atoms with Crippen LogP contribution in [0.15, 0.2) is 36.4 Å². The number of carboxylic acids is 1. The molecule has 1 aliphatic rings. The van der Waals surface area contributed by atoms with Gasteiger partial charge in [0.1, 0.15) is 5.56 Å². The normalized spacial score (nSPS) is 13.6. The van der Waals surface area contributed by atoms with E-state index in [1.165, 1.54) is 5.56 Å². The lowest BCUT2D eigenvalue weighted by molar-refractivity contribution is 0.0695. The summed E-state index contributed by atoms with van der Waals surface area (Å²) in [5.41, 5.74) is 4.10. The van der Waals surface area contributed by atoms with Gasteiger partial charge < -0.3 is 10.2 Å². The Morgan fingerprint density at radius 3 is 2.65 bits per heavy atom. The van der Waals surface area contributed by atoms with Crippen molar-refractivity contribution in [2.45, 2.75) is 32.1 Å². The van der Waals surface area contributed by atoms with Crippen molar-refractivity contribution in [1.29, 1.82) is 0 Å². The molecule has 0 unspecified atom stereocenters. The highest BCUT2D eigenvalue weighted by atomic mass is 35.5. The lowest BCUT2D eigenvalue weighted by atomic mass is 9.88. The van der Waals surface area contributed by atoms with Crippen LogP contribution in [0, 0.1) is 0 Å². The molecule has 1 heterocycles. The van der Waals surface area contributed by atoms with E-state index in [4.69, 9.17) is 16.6 Å². The molecule has 2 aromatic carbocycles. The molecule has 0 fully saturated rings. The lowest BCUT2D eigenvalue weighted by Gasteiger charge is -2.19. The van der Waals surface area contributed by atoms with Crippen LogP contribution in [-0.4, -0.2) is 21.2 Å². The number of rotatable bonds is 3. The van der Waals surface area contributed by atoms with E-state index in [1.54, 1.807) is 12.1 Å². The number of benzene rings is 2. The van der Waals surface area contributed by atoms with Crippen LogP contribution in [0.3, 0.4) is 0 Å². The van der Waals surface area contributed by atoms with Gasteiger partial charge in [-0.3, -0.25) is 0 Å². The monoisotopic (exact) mass is 367 g/mol. The van der Waals surface area contributed by atoms with Gasteiger partial charge in [0.05, 0.1) is 11.2 Å². The molecule has 1 aliphatic carbocycles. The van der Waals surface area contributed by atoms with Gasteiger partial charge in [-0.2, -0.15) is 0 Å². The second kappa shape index (κ2) is 6.61. The van der Waals surface area contributed by atoms with Crippen molar-refractivity contribution in [1.82, 2.24) is 4.98 Å². The molecule has 0 amide bonds. The summed E-state index contributed by atoms with van der Waals surface area (Å²) in [5, 5.41) is 21.4. The molecule has 1 aromatic heterocycles. The summed E-state index contributed by atoms with van der Waals surface area (Å²) >= 11 is 6.24. The maximum atomic E-state index is 11.9. The Labute approximate surface area is 156 Å². The molecule has 0 saturated carbocycles. The molecule has 0 saturated heterocycles. The van der Waals surface area contributed by atoms with Gasteiger partial charge in [0.25, 0.3) is 0 Å². The quantitative estimate of drug-likeness (QED) is 0.700. The maximum Gasteiger partial charge on any atom is 0.340 e. The molecule has 0 bridgehead atoms. The minimum atomic E-state index is -1.15. The second-order valence-electron chi connectivity index (χ2n) is 6.66. The van der Waals surface area contributed by atoms with Crippen LogP contribution in [0.2, 0.25) is 5.02 Å². The Morgan fingerprint density at radius 1 is 1.12 bits per heavy atom. The first kappa shape index (κ1) is 16.9. The number of aromatic carboxylic acids is 1. The summed E-state index contributed by atoms with van der Waals surface area (Å²) in [7, 11) is 0. The molecule has 132 valence electrons. The van der Waals surface area contributed by atoms with Gasteiger partial charge in [0, 0.05) is 16.8 Å². The van der Waals surface area contributed by atoms with Crippen LogP contribution in [-0.2, 0) is 19.3 Å². The second-order valence-corrected chi connectivity index (χ2v) is 7.07. The summed E-state index contributed by atoms with van der Waals surface area (Å²) in [6.07, 6.45) is 4.35. The number of pyridine rings is 1. The van der Waals surface area contributed by atoms with Crippen molar-refractivity contribution >= 4 is 28.5 Å². The van der Waals surface area contributed by atoms with E-state index >= 15 is 0 Å². The molecular weight excluding hydrogens is 350 g/mol. The summed E-state index contributed by atoms with van der Waals surface area (Å²) in [4.78, 5) is 16.6. The minimum Gasteiger partial charge on any atom is -0.505 e. The number of nitrogens with zero attached hydrogens (tertiary/aromatic N) is 1. The lowest BCUT2D eigenvalue weighted by Crippen LogP contribution is -2.09. The van der Waals surface area contributed by atoms with Gasteiger partial charge in [-0.05, 0) is 48.4 Å². The highest BCUT2D eigenvalue weighted by Crippen LogP contribution is 2.36. The smallest absolute Gasteiger partial charge is 0.340 e. The molecule has 4 rings (SSSR count). The predicted octanol–water partition coefficient (Wildman–Crippen LogP) is 4.76. The van der Waals surface area contributed by atoms with Crippen LogP contribution in [0.5, 0.6) is 5.75 Å². The topological polar surface area (TPSA) is 70.4 Å². The van der Waals surface area contributed by atoms with E-state index in [2.05, 4.69) is 0 Å². The van der Waals surface area contributed by atoms with Crippen molar-refractivity contribution in [2.24, 2.45) is 0 Å². The summed E-state index contributed by atoms with van der Waals surface area (Å²) in [6.45, 7) is 0. The molecule has 4 nitrogen and oxygen atoms in total. The Bertz CT molecular complexity index is 1030. The largest absolute Gasteiger partial charge is 0.505 e. The van der Waals surface area contributed by atoms with E-state index in [0.29, 0.717) is 21.6 Å². The Balaban J connectivity index is 1.97. The van der Waals surface area contributed by atoms with Crippen LogP contribution in [0.1, 0.15) is 45.6 Å². The van der Waals surface area contributed by atoms with E-state index in [0.717, 1.165) is 36.8 Å². The van der Waals surface area contributed by atoms with Crippen molar-refractivity contribution in [3.8, 4) is 5.75 Å². The van der Waals surface area contributed by atoms with Crippen molar-refractivity contribution in [3.63, 3.8) is 0 Å². The van der Waals surface area contributed by atoms with Crippen molar-refractivity contribution in [3.05, 3.63) is 69.4 Å². The molecule has 3 aromatic rings. The first-order valence-electron chi connectivity index (χ1n) is 8.69. The van der Waals surface area contributed by atoms with Crippen molar-refractivity contribution < 1.29 is 15.0 Å². The maximum absolute atomic E-state index is 11.9. The van der Waals surface area contributed by atoms with Gasteiger partial charge in [-0.25, -0.2) is 9.78 Å². The number of hydrogen-bond acceptors (Lipinski definition) is 3. The first-order valence-corrected chi connectivity index (χ1v) is 9.07. The van der Waals surface area contributed by atoms with Crippen LogP contribution in [0.4, 0.5) is 0 Å². The molecule has 26 heavy (non-hydrogen) atoms. The van der Waals surface area contributed by atoms with E-state index in [-0.39, 0.29) is 17.7 Å². The number of carbonyl (C=O) groups is 1. The standard InChI is InChI=1S/C21H18ClNO3/c22-16-8-4-2-6-13(16)11-17-20(24)18(21(25)26)15-10-9-12-5-1-3-7-14(12)19(15)23-17/h2,4,6,8-10,24H,1,3,5,7,11H2,(H,25,26). The molecule has 0 aliphatic heterocycles. The third kappa shape index (κ3) is 2.80. The van der Waals surface area contributed by atoms with Gasteiger partial charge in [-0.15, -0.1) is 0 Å². The molecule has 0 atom stereocenters. The zero-order chi connectivity index (χ0) is 18.3. The fourth-order valence-corrected chi connectivity index (χ4v) is 3.96. The number of aryl methyl sites for hydroxylation is 2. The highest BCUT2D eigenvalue weighted by Gasteiger charge is 2.23. The van der Waals surface area contributed by atoms with E-state index in [9.17, 15) is 15.0 Å². The average Bonchev–Trinajstić information content (AvgIpc) is 2.63. The Hall–Kier alpha value is -2.59. The Kier molecular flexibility index (Phi) is 4.29. The molecular formula is C21H18ClNO3. The van der Waals surface area contributed by atoms with Gasteiger partial charge in [0.2, 0.25) is 0 Å². The fourth-order valence-electron chi connectivity index (χ4n) is 3.76. The summed E-state index contributed by atoms with van der Waals surface area (Å²) in [5.74, 6) is -1.42. The van der Waals surface area contributed by atoms with E-state index < -0.39 is 5.97 Å². The summed E-state index contributed by atoms with van der Waals surface area (Å²) in [6, 6.07) is 11.1. The number of halogens is 1. The fraction of sp³-hybridized carbons (Fsp3) is 0.238. The number of carboxylic acid groups (broad SMARTS) is 1.